The standard InChI is InChI=1S/C19H30N2O4/c1-19(2,3)25-18(22)21-11-6-7-14(10-12-21)20-16-9-8-15(23-4)13-17(16)24-5/h8-9,13-14,20H,6-7,10-12H2,1-5H3. The molecule has 1 unspecified atom stereocenters. The van der Waals surface area contributed by atoms with Gasteiger partial charge in [0.2, 0.25) is 0 Å². The van der Waals surface area contributed by atoms with Gasteiger partial charge in [0.15, 0.2) is 0 Å². The minimum Gasteiger partial charge on any atom is -0.497 e. The monoisotopic (exact) mass is 350 g/mol. The van der Waals surface area contributed by atoms with Crippen molar-refractivity contribution in [2.75, 3.05) is 32.6 Å². The van der Waals surface area contributed by atoms with Gasteiger partial charge in [0.1, 0.15) is 17.1 Å². The number of nitrogens with zero attached hydrogens (tertiary/aromatic N) is 1. The zero-order valence-electron chi connectivity index (χ0n) is 15.9. The molecule has 6 nitrogen and oxygen atoms in total. The van der Waals surface area contributed by atoms with E-state index in [-0.39, 0.29) is 12.1 Å². The third-order valence-corrected chi connectivity index (χ3v) is 4.15. The molecule has 2 rings (SSSR count). The van der Waals surface area contributed by atoms with Crippen molar-refractivity contribution in [2.24, 2.45) is 0 Å². The van der Waals surface area contributed by atoms with Crippen LogP contribution in [-0.2, 0) is 4.74 Å². The maximum atomic E-state index is 12.3. The van der Waals surface area contributed by atoms with E-state index in [2.05, 4.69) is 5.32 Å². The first kappa shape index (κ1) is 19.2. The van der Waals surface area contributed by atoms with Crippen LogP contribution in [0.3, 0.4) is 0 Å². The second-order valence-corrected chi connectivity index (χ2v) is 7.31. The molecule has 0 aliphatic carbocycles. The molecule has 1 aliphatic heterocycles. The zero-order valence-corrected chi connectivity index (χ0v) is 15.9. The quantitative estimate of drug-likeness (QED) is 0.892. The summed E-state index contributed by atoms with van der Waals surface area (Å²) in [7, 11) is 3.29. The number of ether oxygens (including phenoxy) is 3. The topological polar surface area (TPSA) is 60.0 Å². The SMILES string of the molecule is COc1ccc(NC2CCCN(C(=O)OC(C)(C)C)CC2)c(OC)c1. The maximum Gasteiger partial charge on any atom is 0.410 e. The number of carbonyl (C=O) groups excluding carboxylic acids is 1. The van der Waals surface area contributed by atoms with E-state index in [9.17, 15) is 4.79 Å². The van der Waals surface area contributed by atoms with Crippen LogP contribution < -0.4 is 14.8 Å². The minimum atomic E-state index is -0.461. The number of anilines is 1. The molecule has 1 saturated heterocycles. The molecule has 1 fully saturated rings. The number of methoxy groups -OCH3 is 2. The van der Waals surface area contributed by atoms with Gasteiger partial charge in [-0.05, 0) is 52.2 Å². The Morgan fingerprint density at radius 1 is 1.16 bits per heavy atom. The molecule has 1 heterocycles. The van der Waals surface area contributed by atoms with E-state index in [1.807, 2.05) is 39.0 Å². The number of amides is 1. The summed E-state index contributed by atoms with van der Waals surface area (Å²) in [4.78, 5) is 14.1. The van der Waals surface area contributed by atoms with Gasteiger partial charge in [-0.3, -0.25) is 0 Å². The number of rotatable bonds is 4. The summed E-state index contributed by atoms with van der Waals surface area (Å²) in [6.07, 6.45) is 2.58. The van der Waals surface area contributed by atoms with Gasteiger partial charge in [-0.25, -0.2) is 4.79 Å². The lowest BCUT2D eigenvalue weighted by Gasteiger charge is -2.26. The van der Waals surface area contributed by atoms with Gasteiger partial charge in [-0.1, -0.05) is 0 Å². The molecule has 1 aliphatic rings. The third-order valence-electron chi connectivity index (χ3n) is 4.15. The molecular weight excluding hydrogens is 320 g/mol. The van der Waals surface area contributed by atoms with Gasteiger partial charge in [0.25, 0.3) is 0 Å². The molecule has 0 saturated carbocycles. The molecule has 1 atom stereocenters. The number of likely N-dealkylation sites (tertiary alicyclic amines) is 1. The van der Waals surface area contributed by atoms with Crippen LogP contribution in [0.1, 0.15) is 40.0 Å². The average molecular weight is 350 g/mol. The lowest BCUT2D eigenvalue weighted by atomic mass is 10.1. The lowest BCUT2D eigenvalue weighted by Crippen LogP contribution is -2.37. The molecule has 0 spiro atoms. The molecule has 1 aromatic rings. The molecular formula is C19H30N2O4. The maximum absolute atomic E-state index is 12.3. The summed E-state index contributed by atoms with van der Waals surface area (Å²) in [6, 6.07) is 6.03. The van der Waals surface area contributed by atoms with Crippen molar-refractivity contribution < 1.29 is 19.0 Å². The van der Waals surface area contributed by atoms with Crippen LogP contribution in [-0.4, -0.2) is 49.9 Å². The Kier molecular flexibility index (Phi) is 6.39. The van der Waals surface area contributed by atoms with Crippen LogP contribution in [0.5, 0.6) is 11.5 Å². The highest BCUT2D eigenvalue weighted by Crippen LogP contribution is 2.30. The van der Waals surface area contributed by atoms with Gasteiger partial charge in [-0.2, -0.15) is 0 Å². The highest BCUT2D eigenvalue weighted by molar-refractivity contribution is 5.68. The predicted octanol–water partition coefficient (Wildman–Crippen LogP) is 3.91. The fourth-order valence-corrected chi connectivity index (χ4v) is 2.89. The van der Waals surface area contributed by atoms with Crippen molar-refractivity contribution in [3.8, 4) is 11.5 Å². The molecule has 0 radical (unpaired) electrons. The first-order valence-corrected chi connectivity index (χ1v) is 8.79. The van der Waals surface area contributed by atoms with Gasteiger partial charge in [0.05, 0.1) is 19.9 Å². The van der Waals surface area contributed by atoms with Gasteiger partial charge in [-0.15, -0.1) is 0 Å². The first-order chi connectivity index (χ1) is 11.8. The average Bonchev–Trinajstić information content (AvgIpc) is 2.79. The fourth-order valence-electron chi connectivity index (χ4n) is 2.89. The molecule has 6 heteroatoms. The van der Waals surface area contributed by atoms with Crippen LogP contribution in [0, 0.1) is 0 Å². The third kappa shape index (κ3) is 5.73. The van der Waals surface area contributed by atoms with Crippen molar-refractivity contribution in [3.63, 3.8) is 0 Å². The summed E-state index contributed by atoms with van der Waals surface area (Å²) < 4.78 is 16.2. The van der Waals surface area contributed by atoms with Crippen LogP contribution >= 0.6 is 0 Å². The van der Waals surface area contributed by atoms with Crippen LogP contribution in [0.4, 0.5) is 10.5 Å². The van der Waals surface area contributed by atoms with Gasteiger partial charge >= 0.3 is 6.09 Å². The Hall–Kier alpha value is -2.11. The Labute approximate surface area is 150 Å². The second-order valence-electron chi connectivity index (χ2n) is 7.31. The minimum absolute atomic E-state index is 0.227. The fraction of sp³-hybridized carbons (Fsp3) is 0.632. The summed E-state index contributed by atoms with van der Waals surface area (Å²) in [6.45, 7) is 7.09. The molecule has 25 heavy (non-hydrogen) atoms. The molecule has 1 amide bonds. The highest BCUT2D eigenvalue weighted by Gasteiger charge is 2.25. The highest BCUT2D eigenvalue weighted by atomic mass is 16.6. The smallest absolute Gasteiger partial charge is 0.410 e. The summed E-state index contributed by atoms with van der Waals surface area (Å²) in [5.74, 6) is 1.52. The van der Waals surface area contributed by atoms with Gasteiger partial charge in [0, 0.05) is 25.2 Å². The van der Waals surface area contributed by atoms with E-state index in [1.54, 1.807) is 19.1 Å². The zero-order chi connectivity index (χ0) is 18.4. The number of carbonyl (C=O) groups is 1. The van der Waals surface area contributed by atoms with E-state index in [1.165, 1.54) is 0 Å². The summed E-state index contributed by atoms with van der Waals surface area (Å²) in [5.41, 5.74) is 0.483. The number of hydrogen-bond donors (Lipinski definition) is 1. The van der Waals surface area contributed by atoms with E-state index in [0.717, 1.165) is 43.0 Å². The van der Waals surface area contributed by atoms with Crippen molar-refractivity contribution in [1.29, 1.82) is 0 Å². The predicted molar refractivity (Wildman–Crippen MR) is 98.6 cm³/mol. The lowest BCUT2D eigenvalue weighted by molar-refractivity contribution is 0.0256. The van der Waals surface area contributed by atoms with Crippen LogP contribution in [0.2, 0.25) is 0 Å². The Bertz CT molecular complexity index is 583. The van der Waals surface area contributed by atoms with Crippen LogP contribution in [0.15, 0.2) is 18.2 Å². The Morgan fingerprint density at radius 2 is 1.92 bits per heavy atom. The first-order valence-electron chi connectivity index (χ1n) is 8.79. The van der Waals surface area contributed by atoms with Gasteiger partial charge < -0.3 is 24.4 Å². The van der Waals surface area contributed by atoms with E-state index in [4.69, 9.17) is 14.2 Å². The van der Waals surface area contributed by atoms with E-state index >= 15 is 0 Å². The number of nitrogens with one attached hydrogen (secondary N) is 1. The molecule has 0 bridgehead atoms. The molecule has 1 aromatic carbocycles. The number of hydrogen-bond acceptors (Lipinski definition) is 5. The normalized spacial score (nSPS) is 18.3. The van der Waals surface area contributed by atoms with Crippen molar-refractivity contribution in [3.05, 3.63) is 18.2 Å². The van der Waals surface area contributed by atoms with Crippen molar-refractivity contribution in [2.45, 2.75) is 51.7 Å². The number of benzene rings is 1. The van der Waals surface area contributed by atoms with E-state index in [0.29, 0.717) is 6.54 Å². The summed E-state index contributed by atoms with van der Waals surface area (Å²) >= 11 is 0. The largest absolute Gasteiger partial charge is 0.497 e. The second kappa shape index (κ2) is 8.32. The molecule has 0 aromatic heterocycles. The Morgan fingerprint density at radius 3 is 2.56 bits per heavy atom. The van der Waals surface area contributed by atoms with E-state index < -0.39 is 5.60 Å². The summed E-state index contributed by atoms with van der Waals surface area (Å²) in [5, 5.41) is 3.54. The van der Waals surface area contributed by atoms with Crippen molar-refractivity contribution in [1.82, 2.24) is 4.90 Å². The Balaban J connectivity index is 1.96. The molecule has 140 valence electrons. The van der Waals surface area contributed by atoms with Crippen molar-refractivity contribution >= 4 is 11.8 Å². The van der Waals surface area contributed by atoms with Crippen LogP contribution in [0.25, 0.3) is 0 Å². The molecule has 1 N–H and O–H groups in total.